The lowest BCUT2D eigenvalue weighted by atomic mass is 9.90. The van der Waals surface area contributed by atoms with Crippen LogP contribution in [-0.4, -0.2) is 46.0 Å². The first kappa shape index (κ1) is 29.2. The Labute approximate surface area is 231 Å². The molecule has 4 rings (SSSR count). The van der Waals surface area contributed by atoms with Crippen molar-refractivity contribution in [3.63, 3.8) is 0 Å². The number of aryl methyl sites for hydroxylation is 1. The number of hydrogen-bond acceptors (Lipinski definition) is 6. The number of nitrogens with zero attached hydrogens (tertiary/aromatic N) is 3. The highest BCUT2D eigenvalue weighted by Crippen LogP contribution is 2.46. The van der Waals surface area contributed by atoms with Gasteiger partial charge in [0.1, 0.15) is 0 Å². The van der Waals surface area contributed by atoms with Crippen LogP contribution in [0.2, 0.25) is 18.1 Å². The number of fused-ring (bicyclic) bond motifs is 1. The van der Waals surface area contributed by atoms with Crippen LogP contribution < -0.4 is 10.9 Å². The van der Waals surface area contributed by atoms with Crippen molar-refractivity contribution in [3.05, 3.63) is 52.6 Å². The highest BCUT2D eigenvalue weighted by molar-refractivity contribution is 6.74. The van der Waals surface area contributed by atoms with Crippen molar-refractivity contribution in [2.45, 2.75) is 97.4 Å². The van der Waals surface area contributed by atoms with Gasteiger partial charge in [0.25, 0.3) is 5.56 Å². The Kier molecular flexibility index (Phi) is 8.49. The van der Waals surface area contributed by atoms with E-state index in [9.17, 15) is 9.59 Å². The minimum atomic E-state index is -2.20. The van der Waals surface area contributed by atoms with Crippen LogP contribution in [0.25, 0.3) is 11.2 Å². The third kappa shape index (κ3) is 6.18. The standard InChI is InChI=1S/C29H43N5O4Si/c1-9-21-20(16-15-19-13-11-10-12-14-19)23(38-39(7,8)29(4,5)6)27(37-21)34-17-30-22-24(34)31-28(33-26(22)36)32-25(35)18(2)3/h10-14,17-18,20-21,23,27H,9,15-16H2,1-8H3,(H2,31,32,33,35,36)/t20?,21-,23+,27-/m1/s1. The predicted octanol–water partition coefficient (Wildman–Crippen LogP) is 5.66. The van der Waals surface area contributed by atoms with Gasteiger partial charge >= 0.3 is 0 Å². The Bertz CT molecular complexity index is 1350. The average molecular weight is 554 g/mol. The molecule has 3 heterocycles. The number of carbonyl (C=O) groups excluding carboxylic acids is 1. The second kappa shape index (κ2) is 11.3. The Balaban J connectivity index is 1.75. The van der Waals surface area contributed by atoms with Crippen LogP contribution in [0.4, 0.5) is 5.95 Å². The molecule has 4 atom stereocenters. The Morgan fingerprint density at radius 1 is 1.23 bits per heavy atom. The van der Waals surface area contributed by atoms with Gasteiger partial charge in [0.2, 0.25) is 11.9 Å². The Hall–Kier alpha value is -2.82. The summed E-state index contributed by atoms with van der Waals surface area (Å²) in [4.78, 5) is 36.8. The van der Waals surface area contributed by atoms with E-state index >= 15 is 0 Å². The Morgan fingerprint density at radius 3 is 2.54 bits per heavy atom. The lowest BCUT2D eigenvalue weighted by Gasteiger charge is -2.41. The topological polar surface area (TPSA) is 111 Å². The molecule has 10 heteroatoms. The fourth-order valence-electron chi connectivity index (χ4n) is 4.83. The predicted molar refractivity (Wildman–Crippen MR) is 156 cm³/mol. The number of benzene rings is 1. The van der Waals surface area contributed by atoms with Gasteiger partial charge in [-0.15, -0.1) is 0 Å². The minimum Gasteiger partial charge on any atom is -0.409 e. The van der Waals surface area contributed by atoms with Crippen molar-refractivity contribution >= 4 is 31.3 Å². The molecule has 1 aliphatic heterocycles. The molecule has 212 valence electrons. The zero-order valence-corrected chi connectivity index (χ0v) is 25.4. The summed E-state index contributed by atoms with van der Waals surface area (Å²) in [5.41, 5.74) is 1.44. The number of H-pyrrole nitrogens is 1. The normalized spacial score (nSPS) is 22.1. The van der Waals surface area contributed by atoms with E-state index in [1.54, 1.807) is 20.2 Å². The lowest BCUT2D eigenvalue weighted by Crippen LogP contribution is -2.47. The third-order valence-corrected chi connectivity index (χ3v) is 12.7. The molecule has 39 heavy (non-hydrogen) atoms. The molecule has 0 aliphatic carbocycles. The van der Waals surface area contributed by atoms with Crippen molar-refractivity contribution in [1.29, 1.82) is 0 Å². The molecule has 0 spiro atoms. The number of aromatic nitrogens is 4. The fourth-order valence-corrected chi connectivity index (χ4v) is 6.15. The summed E-state index contributed by atoms with van der Waals surface area (Å²) in [6, 6.07) is 10.5. The van der Waals surface area contributed by atoms with Crippen molar-refractivity contribution in [2.24, 2.45) is 11.8 Å². The number of rotatable bonds is 9. The molecular weight excluding hydrogens is 510 g/mol. The molecule has 0 bridgehead atoms. The van der Waals surface area contributed by atoms with Crippen LogP contribution >= 0.6 is 0 Å². The third-order valence-electron chi connectivity index (χ3n) is 8.22. The number of aromatic amines is 1. The van der Waals surface area contributed by atoms with Crippen LogP contribution in [0.5, 0.6) is 0 Å². The first-order valence-corrected chi connectivity index (χ1v) is 16.9. The molecular formula is C29H43N5O4Si. The molecule has 0 saturated carbocycles. The van der Waals surface area contributed by atoms with E-state index in [1.165, 1.54) is 5.56 Å². The monoisotopic (exact) mass is 553 g/mol. The zero-order valence-electron chi connectivity index (χ0n) is 24.4. The number of amides is 1. The van der Waals surface area contributed by atoms with Gasteiger partial charge in [-0.25, -0.2) is 4.98 Å². The van der Waals surface area contributed by atoms with Crippen molar-refractivity contribution in [1.82, 2.24) is 19.5 Å². The summed E-state index contributed by atoms with van der Waals surface area (Å²) in [6.07, 6.45) is 3.51. The van der Waals surface area contributed by atoms with Crippen LogP contribution in [0.15, 0.2) is 41.5 Å². The molecule has 2 N–H and O–H groups in total. The quantitative estimate of drug-likeness (QED) is 0.331. The summed E-state index contributed by atoms with van der Waals surface area (Å²) in [6.45, 7) is 16.9. The van der Waals surface area contributed by atoms with Gasteiger partial charge < -0.3 is 9.16 Å². The molecule has 1 saturated heterocycles. The second-order valence-corrected chi connectivity index (χ2v) is 17.1. The summed E-state index contributed by atoms with van der Waals surface area (Å²) >= 11 is 0. The van der Waals surface area contributed by atoms with Gasteiger partial charge in [-0.3, -0.25) is 24.5 Å². The molecule has 0 radical (unpaired) electrons. The smallest absolute Gasteiger partial charge is 0.280 e. The van der Waals surface area contributed by atoms with E-state index < -0.39 is 20.1 Å². The SMILES string of the molecule is CC[C@H]1O[C@@H](n2cnc3c(=O)[nH]c(NC(=O)C(C)C)nc32)[C@@H](O[Si](C)(C)C(C)(C)C)C1CCc1ccccc1. The number of hydrogen-bond donors (Lipinski definition) is 2. The van der Waals surface area contributed by atoms with E-state index in [0.29, 0.717) is 5.65 Å². The van der Waals surface area contributed by atoms with Gasteiger partial charge in [-0.2, -0.15) is 4.98 Å². The highest BCUT2D eigenvalue weighted by Gasteiger charge is 2.50. The van der Waals surface area contributed by atoms with Gasteiger partial charge in [0.15, 0.2) is 25.7 Å². The lowest BCUT2D eigenvalue weighted by molar-refractivity contribution is -0.118. The number of carbonyl (C=O) groups is 1. The maximum Gasteiger partial charge on any atom is 0.280 e. The largest absolute Gasteiger partial charge is 0.409 e. The van der Waals surface area contributed by atoms with Crippen molar-refractivity contribution in [2.75, 3.05) is 5.32 Å². The molecule has 2 aromatic heterocycles. The van der Waals surface area contributed by atoms with Gasteiger partial charge in [0, 0.05) is 11.8 Å². The molecule has 1 aromatic carbocycles. The average Bonchev–Trinajstić information content (AvgIpc) is 3.43. The Morgan fingerprint density at radius 2 is 1.92 bits per heavy atom. The number of nitrogens with one attached hydrogen (secondary N) is 2. The van der Waals surface area contributed by atoms with E-state index in [2.05, 4.69) is 85.3 Å². The van der Waals surface area contributed by atoms with Gasteiger partial charge in [0.05, 0.1) is 18.5 Å². The first-order valence-electron chi connectivity index (χ1n) is 14.0. The summed E-state index contributed by atoms with van der Waals surface area (Å²) in [5.74, 6) is -0.242. The molecule has 9 nitrogen and oxygen atoms in total. The number of anilines is 1. The van der Waals surface area contributed by atoms with Crippen LogP contribution in [0, 0.1) is 11.8 Å². The highest BCUT2D eigenvalue weighted by atomic mass is 28.4. The maximum absolute atomic E-state index is 12.9. The number of ether oxygens (including phenoxy) is 1. The van der Waals surface area contributed by atoms with Crippen LogP contribution in [0.3, 0.4) is 0 Å². The number of imidazole rings is 1. The molecule has 3 aromatic rings. The molecule has 1 aliphatic rings. The van der Waals surface area contributed by atoms with Crippen molar-refractivity contribution < 1.29 is 14.0 Å². The van der Waals surface area contributed by atoms with Gasteiger partial charge in [-0.05, 0) is 43.0 Å². The fraction of sp³-hybridized carbons (Fsp3) is 0.586. The van der Waals surface area contributed by atoms with Crippen LogP contribution in [0.1, 0.15) is 66.2 Å². The van der Waals surface area contributed by atoms with E-state index in [1.807, 2.05) is 10.6 Å². The molecule has 1 amide bonds. The van der Waals surface area contributed by atoms with Crippen LogP contribution in [-0.2, 0) is 20.4 Å². The summed E-state index contributed by atoms with van der Waals surface area (Å²) < 4.78 is 15.7. The zero-order chi connectivity index (χ0) is 28.5. The van der Waals surface area contributed by atoms with E-state index in [4.69, 9.17) is 9.16 Å². The minimum absolute atomic E-state index is 0.00648. The first-order chi connectivity index (χ1) is 18.3. The maximum atomic E-state index is 12.9. The molecule has 1 unspecified atom stereocenters. The van der Waals surface area contributed by atoms with Crippen molar-refractivity contribution in [3.8, 4) is 0 Å². The second-order valence-electron chi connectivity index (χ2n) is 12.4. The van der Waals surface area contributed by atoms with E-state index in [0.717, 1.165) is 19.3 Å². The summed E-state index contributed by atoms with van der Waals surface area (Å²) in [7, 11) is -2.20. The van der Waals surface area contributed by atoms with Gasteiger partial charge in [-0.1, -0.05) is 71.9 Å². The van der Waals surface area contributed by atoms with E-state index in [-0.39, 0.29) is 46.5 Å². The summed E-state index contributed by atoms with van der Waals surface area (Å²) in [5, 5.41) is 2.71. The molecule has 1 fully saturated rings.